The molecule has 0 unspecified atom stereocenters. The quantitative estimate of drug-likeness (QED) is 0.754. The number of H-pyrrole nitrogens is 1. The van der Waals surface area contributed by atoms with Crippen LogP contribution in [0.2, 0.25) is 0 Å². The number of ether oxygens (including phenoxy) is 4. The highest BCUT2D eigenvalue weighted by atomic mass is 16.5. The Morgan fingerprint density at radius 2 is 2.15 bits per heavy atom. The lowest BCUT2D eigenvalue weighted by atomic mass is 9.83. The molecule has 1 aromatic heterocycles. The van der Waals surface area contributed by atoms with Crippen LogP contribution in [0.5, 0.6) is 17.4 Å². The molecule has 3 N–H and O–H groups in total. The summed E-state index contributed by atoms with van der Waals surface area (Å²) in [4.78, 5) is 11.8. The van der Waals surface area contributed by atoms with Gasteiger partial charge in [0.15, 0.2) is 11.5 Å². The molecule has 2 heterocycles. The third kappa shape index (κ3) is 3.01. The molecule has 0 spiro atoms. The lowest BCUT2D eigenvalue weighted by molar-refractivity contribution is -0.139. The van der Waals surface area contributed by atoms with Crippen molar-refractivity contribution in [3.63, 3.8) is 0 Å². The summed E-state index contributed by atoms with van der Waals surface area (Å²) in [5.74, 6) is -0.0298. The third-order valence-corrected chi connectivity index (χ3v) is 4.31. The molecule has 3 rings (SSSR count). The number of methoxy groups -OCH3 is 3. The summed E-state index contributed by atoms with van der Waals surface area (Å²) >= 11 is 0. The van der Waals surface area contributed by atoms with E-state index in [0.717, 1.165) is 0 Å². The number of carbonyl (C=O) groups excluding carboxylic acids is 1. The van der Waals surface area contributed by atoms with E-state index < -0.39 is 11.9 Å². The summed E-state index contributed by atoms with van der Waals surface area (Å²) in [5, 5.41) is 16.6. The van der Waals surface area contributed by atoms with Gasteiger partial charge in [0.05, 0.1) is 44.9 Å². The van der Waals surface area contributed by atoms with Crippen LogP contribution in [0.3, 0.4) is 0 Å². The molecule has 0 amide bonds. The monoisotopic (exact) mass is 370 g/mol. The van der Waals surface area contributed by atoms with E-state index in [1.807, 2.05) is 0 Å². The first-order valence-corrected chi connectivity index (χ1v) is 7.98. The van der Waals surface area contributed by atoms with Gasteiger partial charge in [-0.25, -0.2) is 0 Å². The van der Waals surface area contributed by atoms with E-state index in [1.54, 1.807) is 18.2 Å². The summed E-state index contributed by atoms with van der Waals surface area (Å²) in [6, 6.07) is 7.40. The number of para-hydroxylation sites is 1. The Morgan fingerprint density at radius 1 is 1.37 bits per heavy atom. The van der Waals surface area contributed by atoms with Gasteiger partial charge in [-0.3, -0.25) is 9.89 Å². The number of allylic oxidation sites excluding steroid dienone is 1. The predicted octanol–water partition coefficient (Wildman–Crippen LogP) is 1.36. The second kappa shape index (κ2) is 7.29. The van der Waals surface area contributed by atoms with Crippen LogP contribution in [-0.2, 0) is 16.0 Å². The van der Waals surface area contributed by atoms with Crippen molar-refractivity contribution in [2.45, 2.75) is 12.3 Å². The van der Waals surface area contributed by atoms with Gasteiger partial charge >= 0.3 is 5.97 Å². The summed E-state index contributed by atoms with van der Waals surface area (Å²) in [6.07, 6.45) is -0.0659. The second-order valence-corrected chi connectivity index (χ2v) is 5.68. The number of benzene rings is 1. The SMILES string of the molecule is COC(=O)Cc1[nH]nc2c1[C@@H](c1cccc(OC)c1OC)C(C#N)=C(N)O2. The molecule has 1 aliphatic heterocycles. The molecule has 1 aliphatic rings. The van der Waals surface area contributed by atoms with Crippen LogP contribution in [0.4, 0.5) is 0 Å². The first-order valence-electron chi connectivity index (χ1n) is 7.98. The molecule has 0 aliphatic carbocycles. The smallest absolute Gasteiger partial charge is 0.311 e. The molecule has 1 atom stereocenters. The number of hydrogen-bond acceptors (Lipinski definition) is 8. The summed E-state index contributed by atoms with van der Waals surface area (Å²) in [6.45, 7) is 0. The topological polar surface area (TPSA) is 132 Å². The van der Waals surface area contributed by atoms with Crippen molar-refractivity contribution >= 4 is 5.97 Å². The zero-order chi connectivity index (χ0) is 19.6. The average molecular weight is 370 g/mol. The van der Waals surface area contributed by atoms with Gasteiger partial charge in [0, 0.05) is 5.56 Å². The average Bonchev–Trinajstić information content (AvgIpc) is 3.07. The molecular formula is C18H18N4O5. The molecule has 0 radical (unpaired) electrons. The van der Waals surface area contributed by atoms with Crippen molar-refractivity contribution in [2.75, 3.05) is 21.3 Å². The fraction of sp³-hybridized carbons (Fsp3) is 0.278. The summed E-state index contributed by atoms with van der Waals surface area (Å²) in [7, 11) is 4.32. The number of nitrogens with zero attached hydrogens (tertiary/aromatic N) is 2. The van der Waals surface area contributed by atoms with E-state index in [4.69, 9.17) is 24.7 Å². The number of fused-ring (bicyclic) bond motifs is 1. The minimum absolute atomic E-state index is 0.0593. The van der Waals surface area contributed by atoms with Gasteiger partial charge in [0.25, 0.3) is 0 Å². The molecular weight excluding hydrogens is 352 g/mol. The van der Waals surface area contributed by atoms with Crippen LogP contribution in [0, 0.1) is 11.3 Å². The van der Waals surface area contributed by atoms with Crippen LogP contribution in [-0.4, -0.2) is 37.5 Å². The molecule has 140 valence electrons. The number of carbonyl (C=O) groups is 1. The Kier molecular flexibility index (Phi) is 4.90. The van der Waals surface area contributed by atoms with Crippen LogP contribution in [0.15, 0.2) is 29.7 Å². The Balaban J connectivity index is 2.25. The maximum absolute atomic E-state index is 11.8. The lowest BCUT2D eigenvalue weighted by Crippen LogP contribution is -2.22. The van der Waals surface area contributed by atoms with E-state index in [0.29, 0.717) is 28.3 Å². The van der Waals surface area contributed by atoms with Gasteiger partial charge < -0.3 is 24.7 Å². The molecule has 1 aromatic carbocycles. The second-order valence-electron chi connectivity index (χ2n) is 5.68. The molecule has 0 bridgehead atoms. The number of nitriles is 1. The van der Waals surface area contributed by atoms with Crippen molar-refractivity contribution in [1.82, 2.24) is 10.2 Å². The van der Waals surface area contributed by atoms with Crippen molar-refractivity contribution in [3.05, 3.63) is 46.5 Å². The van der Waals surface area contributed by atoms with Gasteiger partial charge in [-0.15, -0.1) is 5.10 Å². The molecule has 27 heavy (non-hydrogen) atoms. The van der Waals surface area contributed by atoms with Crippen LogP contribution in [0.1, 0.15) is 22.7 Å². The number of hydrogen-bond donors (Lipinski definition) is 2. The molecule has 2 aromatic rings. The fourth-order valence-corrected chi connectivity index (χ4v) is 3.11. The van der Waals surface area contributed by atoms with Crippen molar-refractivity contribution in [2.24, 2.45) is 5.73 Å². The highest BCUT2D eigenvalue weighted by Gasteiger charge is 2.37. The van der Waals surface area contributed by atoms with Gasteiger partial charge in [0.2, 0.25) is 11.8 Å². The predicted molar refractivity (Wildman–Crippen MR) is 93.2 cm³/mol. The number of aromatic amines is 1. The summed E-state index contributed by atoms with van der Waals surface area (Å²) < 4.78 is 21.1. The molecule has 0 saturated carbocycles. The fourth-order valence-electron chi connectivity index (χ4n) is 3.11. The number of rotatable bonds is 5. The molecule has 9 heteroatoms. The number of esters is 1. The number of nitrogens with one attached hydrogen (secondary N) is 1. The van der Waals surface area contributed by atoms with Crippen LogP contribution in [0.25, 0.3) is 0 Å². The van der Waals surface area contributed by atoms with E-state index in [-0.39, 0.29) is 23.8 Å². The number of nitrogens with two attached hydrogens (primary N) is 1. The molecule has 0 fully saturated rings. The van der Waals surface area contributed by atoms with Crippen LogP contribution >= 0.6 is 0 Å². The van der Waals surface area contributed by atoms with E-state index in [1.165, 1.54) is 21.3 Å². The van der Waals surface area contributed by atoms with Crippen LogP contribution < -0.4 is 19.9 Å². The highest BCUT2D eigenvalue weighted by molar-refractivity contribution is 5.73. The Hall–Kier alpha value is -3.67. The van der Waals surface area contributed by atoms with Gasteiger partial charge in [0.1, 0.15) is 11.6 Å². The standard InChI is InChI=1S/C18H18N4O5/c1-24-12-6-4-5-9(16(12)26-3)14-10(8-19)17(20)27-18-15(14)11(21-22-18)7-13(23)25-2/h4-6,14H,7,20H2,1-3H3,(H,21,22)/t14-/m0/s1. The first-order chi connectivity index (χ1) is 13.0. The normalized spacial score (nSPS) is 15.4. The minimum atomic E-state index is -0.651. The highest BCUT2D eigenvalue weighted by Crippen LogP contribution is 2.47. The molecule has 9 nitrogen and oxygen atoms in total. The van der Waals surface area contributed by atoms with E-state index in [9.17, 15) is 10.1 Å². The zero-order valence-corrected chi connectivity index (χ0v) is 15.0. The molecule has 0 saturated heterocycles. The first kappa shape index (κ1) is 18.1. The zero-order valence-electron chi connectivity index (χ0n) is 15.0. The van der Waals surface area contributed by atoms with E-state index in [2.05, 4.69) is 16.3 Å². The van der Waals surface area contributed by atoms with Gasteiger partial charge in [-0.05, 0) is 6.07 Å². The van der Waals surface area contributed by atoms with E-state index >= 15 is 0 Å². The Bertz CT molecular complexity index is 957. The van der Waals surface area contributed by atoms with Crippen molar-refractivity contribution in [3.8, 4) is 23.4 Å². The largest absolute Gasteiger partial charge is 0.493 e. The maximum Gasteiger partial charge on any atom is 0.311 e. The van der Waals surface area contributed by atoms with Gasteiger partial charge in [-0.2, -0.15) is 5.26 Å². The minimum Gasteiger partial charge on any atom is -0.493 e. The van der Waals surface area contributed by atoms with Crippen molar-refractivity contribution < 1.29 is 23.7 Å². The Morgan fingerprint density at radius 3 is 2.78 bits per heavy atom. The Labute approximate surface area is 155 Å². The van der Waals surface area contributed by atoms with Crippen molar-refractivity contribution in [1.29, 1.82) is 5.26 Å². The maximum atomic E-state index is 11.8. The van der Waals surface area contributed by atoms with Gasteiger partial charge in [-0.1, -0.05) is 12.1 Å². The third-order valence-electron chi connectivity index (χ3n) is 4.31. The number of aromatic nitrogens is 2. The lowest BCUT2D eigenvalue weighted by Gasteiger charge is -2.25. The summed E-state index contributed by atoms with van der Waals surface area (Å²) in [5.41, 5.74) is 7.75.